The molecule has 2 heteroatoms. The molecule has 1 atom stereocenters. The fourth-order valence-corrected chi connectivity index (χ4v) is 7.98. The molecule has 50 heavy (non-hydrogen) atoms. The zero-order chi connectivity index (χ0) is 33.3. The maximum absolute atomic E-state index is 2.46. The first kappa shape index (κ1) is 30.2. The number of aryl methyl sites for hydroxylation is 1. The number of hydrogen-bond acceptors (Lipinski definition) is 1. The van der Waals surface area contributed by atoms with Gasteiger partial charge in [-0.1, -0.05) is 127 Å². The first-order chi connectivity index (χ1) is 24.8. The molecule has 0 saturated carbocycles. The topological polar surface area (TPSA) is 8.17 Å². The van der Waals surface area contributed by atoms with Gasteiger partial charge in [-0.05, 0) is 114 Å². The van der Waals surface area contributed by atoms with Gasteiger partial charge in [0, 0.05) is 39.8 Å². The second-order valence-electron chi connectivity index (χ2n) is 13.5. The summed E-state index contributed by atoms with van der Waals surface area (Å²) in [4.78, 5) is 2.44. The summed E-state index contributed by atoms with van der Waals surface area (Å²) in [6, 6.07) is 48.6. The molecule has 6 aromatic rings. The average molecular weight is 645 g/mol. The van der Waals surface area contributed by atoms with Crippen LogP contribution in [-0.2, 0) is 6.42 Å². The van der Waals surface area contributed by atoms with Crippen molar-refractivity contribution in [2.45, 2.75) is 38.0 Å². The normalized spacial score (nSPS) is 16.8. The maximum Gasteiger partial charge on any atom is 0.0537 e. The number of anilines is 2. The van der Waals surface area contributed by atoms with Crippen molar-refractivity contribution in [3.05, 3.63) is 198 Å². The lowest BCUT2D eigenvalue weighted by atomic mass is 9.91. The Labute approximate surface area is 295 Å². The molecule has 0 radical (unpaired) electrons. The molecule has 1 aromatic heterocycles. The molecule has 0 N–H and O–H groups in total. The van der Waals surface area contributed by atoms with E-state index in [-0.39, 0.29) is 0 Å². The van der Waals surface area contributed by atoms with Crippen molar-refractivity contribution in [2.75, 3.05) is 4.90 Å². The molecule has 242 valence electrons. The van der Waals surface area contributed by atoms with E-state index in [1.54, 1.807) is 0 Å². The third-order valence-electron chi connectivity index (χ3n) is 10.6. The highest BCUT2D eigenvalue weighted by molar-refractivity contribution is 5.93. The van der Waals surface area contributed by atoms with Crippen molar-refractivity contribution in [1.82, 2.24) is 4.57 Å². The minimum Gasteiger partial charge on any atom is -0.314 e. The molecule has 0 bridgehead atoms. The molecule has 0 spiro atoms. The fraction of sp³-hybridized carbons (Fsp3) is 0.125. The van der Waals surface area contributed by atoms with Gasteiger partial charge >= 0.3 is 0 Å². The molecular weight excluding hydrogens is 605 g/mol. The van der Waals surface area contributed by atoms with Gasteiger partial charge in [-0.2, -0.15) is 0 Å². The van der Waals surface area contributed by atoms with Crippen LogP contribution in [0.15, 0.2) is 176 Å². The first-order valence-corrected chi connectivity index (χ1v) is 18.0. The summed E-state index contributed by atoms with van der Waals surface area (Å²) in [6.07, 6.45) is 21.6. The molecule has 2 nitrogen and oxygen atoms in total. The number of nitrogens with zero attached hydrogens (tertiary/aromatic N) is 2. The number of hydrogen-bond donors (Lipinski definition) is 0. The second kappa shape index (κ2) is 13.2. The highest BCUT2D eigenvalue weighted by Crippen LogP contribution is 2.40. The molecule has 5 aromatic carbocycles. The smallest absolute Gasteiger partial charge is 0.0537 e. The third kappa shape index (κ3) is 5.67. The standard InChI is InChI=1S/C48H40N2/c1-3-11-35(12-4-1)37-19-27-41(28-20-37)49(42-29-21-38(22-30-42)36-13-5-2-6-14-36)43-31-23-39(24-32-43)40-25-33-44(34-26-40)50-47-17-9-7-15-45(47)46-16-8-10-18-48(46)50/h1-7,9-15,17-21,23-25,27-29,31-34,40H,8,16,22,26,30H2. The Bertz CT molecular complexity index is 2310. The van der Waals surface area contributed by atoms with Gasteiger partial charge in [0.1, 0.15) is 0 Å². The zero-order valence-electron chi connectivity index (χ0n) is 28.3. The van der Waals surface area contributed by atoms with Crippen molar-refractivity contribution < 1.29 is 0 Å². The molecule has 0 fully saturated rings. The summed E-state index contributed by atoms with van der Waals surface area (Å²) >= 11 is 0. The largest absolute Gasteiger partial charge is 0.314 e. The van der Waals surface area contributed by atoms with Crippen LogP contribution in [0.3, 0.4) is 0 Å². The van der Waals surface area contributed by atoms with E-state index in [2.05, 4.69) is 185 Å². The summed E-state index contributed by atoms with van der Waals surface area (Å²) < 4.78 is 2.46. The highest BCUT2D eigenvalue weighted by Gasteiger charge is 2.22. The van der Waals surface area contributed by atoms with Crippen LogP contribution < -0.4 is 4.90 Å². The Kier molecular flexibility index (Phi) is 7.99. The van der Waals surface area contributed by atoms with Crippen molar-refractivity contribution in [1.29, 1.82) is 0 Å². The molecule has 0 saturated heterocycles. The minimum absolute atomic E-state index is 0.352. The van der Waals surface area contributed by atoms with Crippen LogP contribution in [0.4, 0.5) is 11.4 Å². The Morgan fingerprint density at radius 3 is 1.96 bits per heavy atom. The summed E-state index contributed by atoms with van der Waals surface area (Å²) in [5.41, 5.74) is 15.6. The monoisotopic (exact) mass is 644 g/mol. The van der Waals surface area contributed by atoms with Gasteiger partial charge in [-0.15, -0.1) is 0 Å². The maximum atomic E-state index is 2.46. The average Bonchev–Trinajstić information content (AvgIpc) is 3.54. The SMILES string of the molecule is C1=Cc2c(c3ccccc3n2C2=CCC(c3ccc(N(C4=CC=C(c5ccccc5)CC4)c4ccc(-c5ccccc5)cc4)cc3)C=C2)CC1. The van der Waals surface area contributed by atoms with Crippen LogP contribution >= 0.6 is 0 Å². The lowest BCUT2D eigenvalue weighted by Crippen LogP contribution is -2.18. The minimum atomic E-state index is 0.352. The number of rotatable bonds is 7. The van der Waals surface area contributed by atoms with E-state index in [0.29, 0.717) is 5.92 Å². The van der Waals surface area contributed by atoms with E-state index in [1.807, 2.05) is 0 Å². The van der Waals surface area contributed by atoms with E-state index in [1.165, 1.54) is 72.8 Å². The van der Waals surface area contributed by atoms with Crippen LogP contribution in [0.5, 0.6) is 0 Å². The highest BCUT2D eigenvalue weighted by atomic mass is 15.1. The van der Waals surface area contributed by atoms with Gasteiger partial charge in [-0.3, -0.25) is 0 Å². The lowest BCUT2D eigenvalue weighted by molar-refractivity contribution is 0.846. The van der Waals surface area contributed by atoms with Crippen LogP contribution in [0, 0.1) is 0 Å². The van der Waals surface area contributed by atoms with Gasteiger partial charge in [-0.25, -0.2) is 0 Å². The van der Waals surface area contributed by atoms with Gasteiger partial charge < -0.3 is 9.47 Å². The Hall–Kier alpha value is -5.86. The Morgan fingerprint density at radius 1 is 0.580 bits per heavy atom. The van der Waals surface area contributed by atoms with E-state index in [0.717, 1.165) is 32.1 Å². The van der Waals surface area contributed by atoms with E-state index < -0.39 is 0 Å². The van der Waals surface area contributed by atoms with Gasteiger partial charge in [0.25, 0.3) is 0 Å². The number of aromatic nitrogens is 1. The summed E-state index contributed by atoms with van der Waals surface area (Å²) in [6.45, 7) is 0. The number of allylic oxidation sites excluding steroid dienone is 9. The number of benzene rings is 5. The predicted octanol–water partition coefficient (Wildman–Crippen LogP) is 12.8. The summed E-state index contributed by atoms with van der Waals surface area (Å²) in [7, 11) is 0. The van der Waals surface area contributed by atoms with Crippen LogP contribution in [-0.4, -0.2) is 4.57 Å². The summed E-state index contributed by atoms with van der Waals surface area (Å²) in [5, 5.41) is 1.39. The van der Waals surface area contributed by atoms with E-state index in [9.17, 15) is 0 Å². The van der Waals surface area contributed by atoms with Crippen molar-refractivity contribution in [3.63, 3.8) is 0 Å². The van der Waals surface area contributed by atoms with Crippen molar-refractivity contribution in [2.24, 2.45) is 0 Å². The van der Waals surface area contributed by atoms with E-state index in [4.69, 9.17) is 0 Å². The Balaban J connectivity index is 1.01. The molecule has 0 amide bonds. The molecule has 3 aliphatic rings. The second-order valence-corrected chi connectivity index (χ2v) is 13.5. The predicted molar refractivity (Wildman–Crippen MR) is 212 cm³/mol. The molecule has 1 heterocycles. The Morgan fingerprint density at radius 2 is 1.26 bits per heavy atom. The zero-order valence-corrected chi connectivity index (χ0v) is 28.3. The van der Waals surface area contributed by atoms with Gasteiger partial charge in [0.05, 0.1) is 5.52 Å². The number of fused-ring (bicyclic) bond motifs is 3. The molecule has 0 aliphatic heterocycles. The lowest BCUT2D eigenvalue weighted by Gasteiger charge is -2.30. The molecular formula is C48H40N2. The van der Waals surface area contributed by atoms with Crippen LogP contribution in [0.1, 0.15) is 54.0 Å². The molecule has 1 unspecified atom stereocenters. The van der Waals surface area contributed by atoms with Gasteiger partial charge in [0.2, 0.25) is 0 Å². The van der Waals surface area contributed by atoms with Crippen molar-refractivity contribution in [3.8, 4) is 11.1 Å². The van der Waals surface area contributed by atoms with Gasteiger partial charge in [0.15, 0.2) is 0 Å². The quantitative estimate of drug-likeness (QED) is 0.168. The van der Waals surface area contributed by atoms with Crippen LogP contribution in [0.25, 0.3) is 39.4 Å². The van der Waals surface area contributed by atoms with E-state index >= 15 is 0 Å². The van der Waals surface area contributed by atoms with Crippen LogP contribution in [0.2, 0.25) is 0 Å². The summed E-state index contributed by atoms with van der Waals surface area (Å²) in [5.74, 6) is 0.352. The molecule has 3 aliphatic carbocycles. The molecule has 9 rings (SSSR count). The fourth-order valence-electron chi connectivity index (χ4n) is 7.98. The third-order valence-corrected chi connectivity index (χ3v) is 10.6. The first-order valence-electron chi connectivity index (χ1n) is 18.0. The number of para-hydroxylation sites is 1. The van der Waals surface area contributed by atoms with Crippen molar-refractivity contribution >= 4 is 39.6 Å².